The second-order valence-electron chi connectivity index (χ2n) is 5.81. The van der Waals surface area contributed by atoms with Crippen LogP contribution >= 0.6 is 11.8 Å². The molecule has 3 heteroatoms. The van der Waals surface area contributed by atoms with Gasteiger partial charge >= 0.3 is 0 Å². The molecule has 0 aromatic heterocycles. The smallest absolute Gasteiger partial charge is 0.0323 e. The minimum absolute atomic E-state index is 0.545. The largest absolute Gasteiger partial charge is 0.315 e. The fourth-order valence-corrected chi connectivity index (χ4v) is 4.07. The Kier molecular flexibility index (Phi) is 4.15. The number of thioether (sulfide) groups is 1. The van der Waals surface area contributed by atoms with Crippen LogP contribution in [0.4, 0.5) is 0 Å². The van der Waals surface area contributed by atoms with Crippen LogP contribution in [0.25, 0.3) is 0 Å². The second-order valence-corrected chi connectivity index (χ2v) is 6.69. The van der Waals surface area contributed by atoms with Crippen LogP contribution in [0.3, 0.4) is 0 Å². The van der Waals surface area contributed by atoms with Crippen molar-refractivity contribution in [1.29, 1.82) is 0 Å². The molecule has 2 aliphatic rings. The van der Waals surface area contributed by atoms with E-state index >= 15 is 0 Å². The minimum atomic E-state index is 0.545. The van der Waals surface area contributed by atoms with Gasteiger partial charge in [0.15, 0.2) is 0 Å². The maximum atomic E-state index is 3.57. The maximum absolute atomic E-state index is 3.57. The van der Waals surface area contributed by atoms with E-state index in [0.29, 0.717) is 6.04 Å². The highest BCUT2D eigenvalue weighted by molar-refractivity contribution is 7.98. The highest BCUT2D eigenvalue weighted by Gasteiger charge is 2.37. The molecule has 3 unspecified atom stereocenters. The van der Waals surface area contributed by atoms with Crippen molar-refractivity contribution in [2.45, 2.75) is 36.7 Å². The SMILES string of the molecule is CSc1ccc(C(C)N2CCCC3CNCC32)cc1. The van der Waals surface area contributed by atoms with E-state index in [1.165, 1.54) is 42.9 Å². The predicted octanol–water partition coefficient (Wildman–Crippen LogP) is 3.15. The third-order valence-electron chi connectivity index (χ3n) is 4.82. The van der Waals surface area contributed by atoms with Crippen LogP contribution in [0, 0.1) is 5.92 Å². The van der Waals surface area contributed by atoms with E-state index in [9.17, 15) is 0 Å². The Bertz CT molecular complexity index is 417. The summed E-state index contributed by atoms with van der Waals surface area (Å²) in [5.41, 5.74) is 1.46. The number of piperidine rings is 1. The first-order chi connectivity index (χ1) is 9.29. The highest BCUT2D eigenvalue weighted by atomic mass is 32.2. The molecule has 1 aromatic carbocycles. The molecule has 0 saturated carbocycles. The summed E-state index contributed by atoms with van der Waals surface area (Å²) in [5.74, 6) is 0.877. The molecule has 19 heavy (non-hydrogen) atoms. The lowest BCUT2D eigenvalue weighted by Gasteiger charge is -2.41. The first kappa shape index (κ1) is 13.5. The zero-order valence-electron chi connectivity index (χ0n) is 11.9. The van der Waals surface area contributed by atoms with Crippen molar-refractivity contribution in [2.24, 2.45) is 5.92 Å². The molecule has 3 atom stereocenters. The number of nitrogens with zero attached hydrogens (tertiary/aromatic N) is 1. The van der Waals surface area contributed by atoms with Gasteiger partial charge in [0, 0.05) is 23.5 Å². The first-order valence-electron chi connectivity index (χ1n) is 7.40. The van der Waals surface area contributed by atoms with Gasteiger partial charge in [0.05, 0.1) is 0 Å². The quantitative estimate of drug-likeness (QED) is 0.854. The van der Waals surface area contributed by atoms with Crippen LogP contribution in [0.2, 0.25) is 0 Å². The molecular weight excluding hydrogens is 252 g/mol. The summed E-state index contributed by atoms with van der Waals surface area (Å²) in [6.07, 6.45) is 4.90. The van der Waals surface area contributed by atoms with E-state index in [-0.39, 0.29) is 0 Å². The predicted molar refractivity (Wildman–Crippen MR) is 82.7 cm³/mol. The van der Waals surface area contributed by atoms with Gasteiger partial charge in [-0.05, 0) is 62.7 Å². The van der Waals surface area contributed by atoms with E-state index in [1.807, 2.05) is 11.8 Å². The van der Waals surface area contributed by atoms with Crippen LogP contribution in [-0.4, -0.2) is 36.8 Å². The Morgan fingerprint density at radius 3 is 2.79 bits per heavy atom. The Morgan fingerprint density at radius 1 is 1.26 bits per heavy atom. The van der Waals surface area contributed by atoms with Gasteiger partial charge in [-0.25, -0.2) is 0 Å². The molecule has 2 saturated heterocycles. The third-order valence-corrected chi connectivity index (χ3v) is 5.56. The highest BCUT2D eigenvalue weighted by Crippen LogP contribution is 2.33. The lowest BCUT2D eigenvalue weighted by molar-refractivity contribution is 0.0847. The number of nitrogens with one attached hydrogen (secondary N) is 1. The van der Waals surface area contributed by atoms with E-state index in [0.717, 1.165) is 12.0 Å². The van der Waals surface area contributed by atoms with Crippen molar-refractivity contribution in [3.05, 3.63) is 29.8 Å². The number of benzene rings is 1. The van der Waals surface area contributed by atoms with Crippen molar-refractivity contribution in [3.8, 4) is 0 Å². The number of hydrogen-bond donors (Lipinski definition) is 1. The molecule has 3 rings (SSSR count). The van der Waals surface area contributed by atoms with Crippen molar-refractivity contribution >= 4 is 11.8 Å². The number of fused-ring (bicyclic) bond motifs is 1. The lowest BCUT2D eigenvalue weighted by atomic mass is 9.90. The molecule has 104 valence electrons. The van der Waals surface area contributed by atoms with Gasteiger partial charge in [-0.1, -0.05) is 12.1 Å². The maximum Gasteiger partial charge on any atom is 0.0323 e. The Morgan fingerprint density at radius 2 is 2.05 bits per heavy atom. The van der Waals surface area contributed by atoms with Crippen molar-refractivity contribution in [3.63, 3.8) is 0 Å². The van der Waals surface area contributed by atoms with E-state index < -0.39 is 0 Å². The number of likely N-dealkylation sites (tertiary alicyclic amines) is 1. The van der Waals surface area contributed by atoms with Gasteiger partial charge in [-0.3, -0.25) is 4.90 Å². The second kappa shape index (κ2) is 5.86. The molecule has 0 aliphatic carbocycles. The molecule has 2 heterocycles. The summed E-state index contributed by atoms with van der Waals surface area (Å²) < 4.78 is 0. The van der Waals surface area contributed by atoms with E-state index in [4.69, 9.17) is 0 Å². The average Bonchev–Trinajstić information content (AvgIpc) is 2.95. The molecule has 0 spiro atoms. The fraction of sp³-hybridized carbons (Fsp3) is 0.625. The van der Waals surface area contributed by atoms with Gasteiger partial charge < -0.3 is 5.32 Å². The monoisotopic (exact) mass is 276 g/mol. The summed E-state index contributed by atoms with van der Waals surface area (Å²) in [4.78, 5) is 4.08. The summed E-state index contributed by atoms with van der Waals surface area (Å²) >= 11 is 1.82. The van der Waals surface area contributed by atoms with Crippen molar-refractivity contribution in [1.82, 2.24) is 10.2 Å². The fourth-order valence-electron chi connectivity index (χ4n) is 3.66. The zero-order chi connectivity index (χ0) is 13.2. The van der Waals surface area contributed by atoms with Gasteiger partial charge in [0.25, 0.3) is 0 Å². The van der Waals surface area contributed by atoms with Gasteiger partial charge in [0.2, 0.25) is 0 Å². The van der Waals surface area contributed by atoms with Crippen molar-refractivity contribution in [2.75, 3.05) is 25.9 Å². The molecule has 0 radical (unpaired) electrons. The summed E-state index contributed by atoms with van der Waals surface area (Å²) in [6.45, 7) is 6.03. The zero-order valence-corrected chi connectivity index (χ0v) is 12.7. The van der Waals surface area contributed by atoms with Gasteiger partial charge in [-0.2, -0.15) is 0 Å². The summed E-state index contributed by atoms with van der Waals surface area (Å²) in [7, 11) is 0. The average molecular weight is 276 g/mol. The van der Waals surface area contributed by atoms with E-state index in [1.54, 1.807) is 0 Å². The lowest BCUT2D eigenvalue weighted by Crippen LogP contribution is -2.46. The van der Waals surface area contributed by atoms with Crippen LogP contribution < -0.4 is 5.32 Å². The number of hydrogen-bond acceptors (Lipinski definition) is 3. The Balaban J connectivity index is 1.76. The van der Waals surface area contributed by atoms with E-state index in [2.05, 4.69) is 47.7 Å². The van der Waals surface area contributed by atoms with Gasteiger partial charge in [-0.15, -0.1) is 11.8 Å². The third kappa shape index (κ3) is 2.69. The summed E-state index contributed by atoms with van der Waals surface area (Å²) in [5, 5.41) is 3.57. The first-order valence-corrected chi connectivity index (χ1v) is 8.62. The normalized spacial score (nSPS) is 29.2. The Hall–Kier alpha value is -0.510. The molecule has 1 N–H and O–H groups in total. The Labute approximate surface area is 121 Å². The van der Waals surface area contributed by atoms with Crippen LogP contribution in [0.1, 0.15) is 31.4 Å². The molecule has 2 nitrogen and oxygen atoms in total. The molecule has 0 bridgehead atoms. The number of rotatable bonds is 3. The van der Waals surface area contributed by atoms with Crippen molar-refractivity contribution < 1.29 is 0 Å². The topological polar surface area (TPSA) is 15.3 Å². The molecule has 0 amide bonds. The minimum Gasteiger partial charge on any atom is -0.315 e. The van der Waals surface area contributed by atoms with Crippen LogP contribution in [0.15, 0.2) is 29.2 Å². The van der Waals surface area contributed by atoms with Crippen LogP contribution in [0.5, 0.6) is 0 Å². The molecule has 2 fully saturated rings. The molecule has 1 aromatic rings. The summed E-state index contributed by atoms with van der Waals surface area (Å²) in [6, 6.07) is 10.4. The van der Waals surface area contributed by atoms with Gasteiger partial charge in [0.1, 0.15) is 0 Å². The molecular formula is C16H24N2S. The standard InChI is InChI=1S/C16H24N2S/c1-12(13-5-7-15(19-2)8-6-13)18-9-3-4-14-10-17-11-16(14)18/h5-8,12,14,16-17H,3-4,9-11H2,1-2H3. The van der Waals surface area contributed by atoms with Crippen LogP contribution in [-0.2, 0) is 0 Å². The molecule has 2 aliphatic heterocycles.